The molecule has 1 fully saturated rings. The highest BCUT2D eigenvalue weighted by Crippen LogP contribution is 2.23. The number of carbonyl (C=O) groups is 1. The van der Waals surface area contributed by atoms with Gasteiger partial charge in [-0.3, -0.25) is 0 Å². The van der Waals surface area contributed by atoms with Crippen molar-refractivity contribution < 1.29 is 14.3 Å². The van der Waals surface area contributed by atoms with Gasteiger partial charge in [-0.25, -0.2) is 4.79 Å². The molecule has 0 aliphatic carbocycles. The first-order valence-electron chi connectivity index (χ1n) is 7.03. The standard InChI is InChI=1S/C15H22N2O3/c1-19-15(18)13-6-5-12(16)11-14(13)20-10-4-9-17-7-2-3-8-17/h5-6,11H,2-4,7-10,16H2,1H3. The lowest BCUT2D eigenvalue weighted by atomic mass is 10.2. The number of likely N-dealkylation sites (tertiary alicyclic amines) is 1. The number of esters is 1. The zero-order chi connectivity index (χ0) is 14.4. The average Bonchev–Trinajstić information content (AvgIpc) is 2.96. The van der Waals surface area contributed by atoms with Gasteiger partial charge in [-0.15, -0.1) is 0 Å². The monoisotopic (exact) mass is 278 g/mol. The largest absolute Gasteiger partial charge is 0.493 e. The summed E-state index contributed by atoms with van der Waals surface area (Å²) in [6.07, 6.45) is 3.53. The number of ether oxygens (including phenoxy) is 2. The van der Waals surface area contributed by atoms with Crippen molar-refractivity contribution in [2.24, 2.45) is 0 Å². The SMILES string of the molecule is COC(=O)c1ccc(N)cc1OCCCN1CCCC1. The van der Waals surface area contributed by atoms with E-state index >= 15 is 0 Å². The zero-order valence-electron chi connectivity index (χ0n) is 11.9. The van der Waals surface area contributed by atoms with Crippen molar-refractivity contribution in [3.63, 3.8) is 0 Å². The van der Waals surface area contributed by atoms with Gasteiger partial charge in [0.15, 0.2) is 0 Å². The summed E-state index contributed by atoms with van der Waals surface area (Å²) in [6, 6.07) is 4.97. The average molecular weight is 278 g/mol. The third-order valence-corrected chi connectivity index (χ3v) is 3.49. The number of rotatable bonds is 6. The predicted octanol–water partition coefficient (Wildman–Crippen LogP) is 1.92. The molecule has 1 aliphatic rings. The van der Waals surface area contributed by atoms with Crippen LogP contribution in [-0.4, -0.2) is 44.2 Å². The molecule has 0 spiro atoms. The van der Waals surface area contributed by atoms with Crippen molar-refractivity contribution in [3.05, 3.63) is 23.8 Å². The summed E-state index contributed by atoms with van der Waals surface area (Å²) in [5, 5.41) is 0. The van der Waals surface area contributed by atoms with Gasteiger partial charge in [0.1, 0.15) is 11.3 Å². The Bertz CT molecular complexity index is 456. The summed E-state index contributed by atoms with van der Waals surface area (Å²) in [4.78, 5) is 14.1. The zero-order valence-corrected chi connectivity index (χ0v) is 11.9. The first-order valence-corrected chi connectivity index (χ1v) is 7.03. The highest BCUT2D eigenvalue weighted by atomic mass is 16.5. The van der Waals surface area contributed by atoms with Crippen LogP contribution in [0.15, 0.2) is 18.2 Å². The maximum absolute atomic E-state index is 11.6. The summed E-state index contributed by atoms with van der Waals surface area (Å²) in [5.74, 6) is 0.0952. The van der Waals surface area contributed by atoms with E-state index < -0.39 is 5.97 Å². The molecule has 20 heavy (non-hydrogen) atoms. The van der Waals surface area contributed by atoms with Crippen LogP contribution < -0.4 is 10.5 Å². The third-order valence-electron chi connectivity index (χ3n) is 3.49. The van der Waals surface area contributed by atoms with Gasteiger partial charge in [0, 0.05) is 18.3 Å². The van der Waals surface area contributed by atoms with Gasteiger partial charge in [-0.05, 0) is 44.5 Å². The minimum Gasteiger partial charge on any atom is -0.493 e. The van der Waals surface area contributed by atoms with Crippen molar-refractivity contribution in [1.29, 1.82) is 0 Å². The van der Waals surface area contributed by atoms with Crippen LogP contribution in [0.2, 0.25) is 0 Å². The highest BCUT2D eigenvalue weighted by Gasteiger charge is 2.14. The minimum atomic E-state index is -0.403. The van der Waals surface area contributed by atoms with Crippen LogP contribution in [-0.2, 0) is 4.74 Å². The summed E-state index contributed by atoms with van der Waals surface area (Å²) < 4.78 is 10.4. The number of hydrogen-bond acceptors (Lipinski definition) is 5. The molecule has 0 unspecified atom stereocenters. The van der Waals surface area contributed by atoms with Crippen LogP contribution in [0.4, 0.5) is 5.69 Å². The molecule has 2 N–H and O–H groups in total. The Labute approximate surface area is 119 Å². The van der Waals surface area contributed by atoms with Crippen molar-refractivity contribution in [3.8, 4) is 5.75 Å². The lowest BCUT2D eigenvalue weighted by Gasteiger charge is -2.15. The molecule has 0 aromatic heterocycles. The van der Waals surface area contributed by atoms with Gasteiger partial charge in [0.05, 0.1) is 13.7 Å². The van der Waals surface area contributed by atoms with Crippen LogP contribution >= 0.6 is 0 Å². The lowest BCUT2D eigenvalue weighted by Crippen LogP contribution is -2.22. The Balaban J connectivity index is 1.87. The smallest absolute Gasteiger partial charge is 0.341 e. The van der Waals surface area contributed by atoms with Gasteiger partial charge in [-0.1, -0.05) is 0 Å². The highest BCUT2D eigenvalue weighted by molar-refractivity contribution is 5.93. The van der Waals surface area contributed by atoms with Gasteiger partial charge in [0.2, 0.25) is 0 Å². The molecule has 0 amide bonds. The molecule has 0 atom stereocenters. The molecule has 1 aromatic carbocycles. The van der Waals surface area contributed by atoms with Gasteiger partial charge in [-0.2, -0.15) is 0 Å². The van der Waals surface area contributed by atoms with Crippen molar-refractivity contribution >= 4 is 11.7 Å². The molecule has 1 heterocycles. The number of methoxy groups -OCH3 is 1. The maximum atomic E-state index is 11.6. The molecular formula is C15H22N2O3. The second-order valence-corrected chi connectivity index (χ2v) is 5.00. The number of hydrogen-bond donors (Lipinski definition) is 1. The molecule has 1 aliphatic heterocycles. The molecular weight excluding hydrogens is 256 g/mol. The Morgan fingerprint density at radius 1 is 1.35 bits per heavy atom. The first-order chi connectivity index (χ1) is 9.70. The Kier molecular flexibility index (Phi) is 5.24. The normalized spacial score (nSPS) is 15.2. The Morgan fingerprint density at radius 3 is 2.80 bits per heavy atom. The van der Waals surface area contributed by atoms with E-state index in [0.29, 0.717) is 23.6 Å². The van der Waals surface area contributed by atoms with Crippen LogP contribution in [0.25, 0.3) is 0 Å². The number of nitrogen functional groups attached to an aromatic ring is 1. The molecule has 1 aromatic rings. The molecule has 1 saturated heterocycles. The van der Waals surface area contributed by atoms with E-state index in [2.05, 4.69) is 4.90 Å². The Morgan fingerprint density at radius 2 is 2.10 bits per heavy atom. The van der Waals surface area contributed by atoms with E-state index in [1.165, 1.54) is 33.0 Å². The fourth-order valence-electron chi connectivity index (χ4n) is 2.41. The van der Waals surface area contributed by atoms with E-state index in [1.54, 1.807) is 18.2 Å². The van der Waals surface area contributed by atoms with Crippen molar-refractivity contribution in [2.45, 2.75) is 19.3 Å². The second kappa shape index (κ2) is 7.14. The van der Waals surface area contributed by atoms with Crippen molar-refractivity contribution in [1.82, 2.24) is 4.90 Å². The van der Waals surface area contributed by atoms with E-state index in [-0.39, 0.29) is 0 Å². The summed E-state index contributed by atoms with van der Waals surface area (Å²) >= 11 is 0. The minimum absolute atomic E-state index is 0.403. The predicted molar refractivity (Wildman–Crippen MR) is 78.0 cm³/mol. The number of anilines is 1. The van der Waals surface area contributed by atoms with Gasteiger partial charge < -0.3 is 20.1 Å². The number of benzene rings is 1. The molecule has 5 heteroatoms. The number of nitrogens with zero attached hydrogens (tertiary/aromatic N) is 1. The summed E-state index contributed by atoms with van der Waals surface area (Å²) in [7, 11) is 1.36. The fraction of sp³-hybridized carbons (Fsp3) is 0.533. The molecule has 0 saturated carbocycles. The van der Waals surface area contributed by atoms with Crippen molar-refractivity contribution in [2.75, 3.05) is 39.1 Å². The van der Waals surface area contributed by atoms with Crippen LogP contribution in [0.5, 0.6) is 5.75 Å². The number of carbonyl (C=O) groups excluding carboxylic acids is 1. The first kappa shape index (κ1) is 14.7. The molecule has 110 valence electrons. The van der Waals surface area contributed by atoms with E-state index in [1.807, 2.05) is 0 Å². The van der Waals surface area contributed by atoms with E-state index in [4.69, 9.17) is 15.2 Å². The van der Waals surface area contributed by atoms with Crippen LogP contribution in [0, 0.1) is 0 Å². The maximum Gasteiger partial charge on any atom is 0.341 e. The summed E-state index contributed by atoms with van der Waals surface area (Å²) in [6.45, 7) is 3.98. The fourth-order valence-corrected chi connectivity index (χ4v) is 2.41. The molecule has 0 bridgehead atoms. The summed E-state index contributed by atoms with van der Waals surface area (Å²) in [5.41, 5.74) is 6.73. The third kappa shape index (κ3) is 3.87. The second-order valence-electron chi connectivity index (χ2n) is 5.00. The quantitative estimate of drug-likeness (QED) is 0.489. The van der Waals surface area contributed by atoms with Gasteiger partial charge >= 0.3 is 5.97 Å². The molecule has 2 rings (SSSR count). The van der Waals surface area contributed by atoms with E-state index in [9.17, 15) is 4.79 Å². The molecule has 5 nitrogen and oxygen atoms in total. The Hall–Kier alpha value is -1.75. The van der Waals surface area contributed by atoms with Crippen LogP contribution in [0.1, 0.15) is 29.6 Å². The topological polar surface area (TPSA) is 64.8 Å². The molecule has 0 radical (unpaired) electrons. The lowest BCUT2D eigenvalue weighted by molar-refractivity contribution is 0.0596. The van der Waals surface area contributed by atoms with Gasteiger partial charge in [0.25, 0.3) is 0 Å². The van der Waals surface area contributed by atoms with E-state index in [0.717, 1.165) is 13.0 Å². The van der Waals surface area contributed by atoms with Crippen LogP contribution in [0.3, 0.4) is 0 Å². The number of nitrogens with two attached hydrogens (primary N) is 1.